The quantitative estimate of drug-likeness (QED) is 0.389. The summed E-state index contributed by atoms with van der Waals surface area (Å²) < 4.78 is 11.1. The molecule has 0 fully saturated rings. The first kappa shape index (κ1) is 13.7. The van der Waals surface area contributed by atoms with Crippen molar-refractivity contribution in [1.29, 1.82) is 0 Å². The van der Waals surface area contributed by atoms with Crippen LogP contribution in [0.3, 0.4) is 0 Å². The van der Waals surface area contributed by atoms with Crippen molar-refractivity contribution in [1.82, 2.24) is 20.3 Å². The van der Waals surface area contributed by atoms with Crippen LogP contribution in [0.5, 0.6) is 0 Å². The van der Waals surface area contributed by atoms with Crippen molar-refractivity contribution < 1.29 is 14.4 Å². The van der Waals surface area contributed by atoms with E-state index < -0.39 is 13.4 Å². The number of H-pyrrole nitrogens is 2. The topological polar surface area (TPSA) is 131 Å². The molecule has 0 aliphatic rings. The molecule has 2 aromatic heterocycles. The van der Waals surface area contributed by atoms with Gasteiger partial charge in [0.1, 0.15) is 11.3 Å². The van der Waals surface area contributed by atoms with E-state index in [0.29, 0.717) is 16.6 Å². The second-order valence-corrected chi connectivity index (χ2v) is 5.65. The van der Waals surface area contributed by atoms with Crippen LogP contribution in [0.4, 0.5) is 0 Å². The molecule has 2 heterocycles. The summed E-state index contributed by atoms with van der Waals surface area (Å²) in [6, 6.07) is 0. The first-order valence-corrected chi connectivity index (χ1v) is 7.06. The molecule has 0 spiro atoms. The molecule has 5 N–H and O–H groups in total. The summed E-state index contributed by atoms with van der Waals surface area (Å²) in [7, 11) is -4.29. The lowest BCUT2D eigenvalue weighted by Gasteiger charge is -2.15. The largest absolute Gasteiger partial charge is 0.355 e. The highest BCUT2D eigenvalue weighted by Crippen LogP contribution is 2.40. The molecule has 1 atom stereocenters. The second-order valence-electron chi connectivity index (χ2n) is 3.92. The fraction of sp³-hybridized carbons (Fsp3) is 0.200. The van der Waals surface area contributed by atoms with Gasteiger partial charge in [0, 0.05) is 18.3 Å². The molecule has 0 aliphatic heterocycles. The van der Waals surface area contributed by atoms with Crippen molar-refractivity contribution in [3.05, 3.63) is 41.1 Å². The minimum absolute atomic E-state index is 0.151. The predicted molar refractivity (Wildman–Crippen MR) is 69.6 cm³/mol. The summed E-state index contributed by atoms with van der Waals surface area (Å²) in [6.07, 6.45) is 3.99. The normalized spacial score (nSPS) is 13.6. The highest BCUT2D eigenvalue weighted by molar-refractivity contribution is 7.52. The number of fused-ring (bicyclic) bond motifs is 1. The summed E-state index contributed by atoms with van der Waals surface area (Å²) in [5, 5.41) is 2.67. The van der Waals surface area contributed by atoms with Gasteiger partial charge in [-0.3, -0.25) is 14.7 Å². The Labute approximate surface area is 107 Å². The molecule has 102 valence electrons. The van der Waals surface area contributed by atoms with Gasteiger partial charge in [-0.05, 0) is 0 Å². The van der Waals surface area contributed by atoms with Gasteiger partial charge in [0.05, 0.1) is 11.8 Å². The van der Waals surface area contributed by atoms with E-state index in [4.69, 9.17) is 9.79 Å². The van der Waals surface area contributed by atoms with Gasteiger partial charge in [0.25, 0.3) is 5.56 Å². The molecule has 1 unspecified atom stereocenters. The highest BCUT2D eigenvalue weighted by atomic mass is 31.2. The van der Waals surface area contributed by atoms with Crippen LogP contribution in [0, 0.1) is 0 Å². The zero-order valence-corrected chi connectivity index (χ0v) is 10.7. The molecule has 19 heavy (non-hydrogen) atoms. The Hall–Kier alpha value is -1.73. The van der Waals surface area contributed by atoms with Gasteiger partial charge < -0.3 is 19.8 Å². The number of hydrogen-bond acceptors (Lipinski definition) is 4. The van der Waals surface area contributed by atoms with Crippen molar-refractivity contribution in [2.45, 2.75) is 12.3 Å². The molecule has 8 nitrogen and oxygen atoms in total. The van der Waals surface area contributed by atoms with E-state index in [-0.39, 0.29) is 12.1 Å². The molecular weight excluding hydrogens is 271 g/mol. The lowest BCUT2D eigenvalue weighted by atomic mass is 10.3. The summed E-state index contributed by atoms with van der Waals surface area (Å²) >= 11 is 0. The van der Waals surface area contributed by atoms with E-state index >= 15 is 0 Å². The third-order valence-corrected chi connectivity index (χ3v) is 3.75. The van der Waals surface area contributed by atoms with Gasteiger partial charge in [-0.2, -0.15) is 0 Å². The van der Waals surface area contributed by atoms with Gasteiger partial charge >= 0.3 is 7.60 Å². The van der Waals surface area contributed by atoms with Crippen LogP contribution in [0.2, 0.25) is 0 Å². The lowest BCUT2D eigenvalue weighted by Crippen LogP contribution is -2.26. The maximum atomic E-state index is 11.5. The summed E-state index contributed by atoms with van der Waals surface area (Å²) in [6.45, 7) is 3.52. The summed E-state index contributed by atoms with van der Waals surface area (Å²) in [5.74, 6) is -1.14. The molecule has 0 aromatic carbocycles. The van der Waals surface area contributed by atoms with Crippen molar-refractivity contribution in [2.75, 3.05) is 0 Å². The number of aromatic nitrogens is 3. The van der Waals surface area contributed by atoms with Crippen LogP contribution in [-0.2, 0) is 11.1 Å². The molecule has 0 radical (unpaired) electrons. The molecule has 0 bridgehead atoms. The number of aromatic amines is 2. The maximum Gasteiger partial charge on any atom is 0.346 e. The zero-order valence-electron chi connectivity index (χ0n) is 9.83. The average molecular weight is 284 g/mol. The Morgan fingerprint density at radius 3 is 2.89 bits per heavy atom. The van der Waals surface area contributed by atoms with E-state index in [0.717, 1.165) is 6.08 Å². The first-order valence-electron chi connectivity index (χ1n) is 5.38. The van der Waals surface area contributed by atoms with Gasteiger partial charge in [-0.25, -0.2) is 4.98 Å². The standard InChI is InChI=1S/C10H13N4O4P/c1-2-7(19(16,17)18)11-3-6-4-12-9-8(6)13-5-14-10(9)15/h2,4-5,7,11-12H,1,3H2,(H,13,14,15)(H2,16,17,18). The lowest BCUT2D eigenvalue weighted by molar-refractivity contribution is 0.356. The summed E-state index contributed by atoms with van der Waals surface area (Å²) in [5.41, 5.74) is 1.13. The molecule has 2 aromatic rings. The van der Waals surface area contributed by atoms with Gasteiger partial charge in [-0.1, -0.05) is 6.08 Å². The fourth-order valence-corrected chi connectivity index (χ4v) is 2.30. The molecular formula is C10H13N4O4P. The third kappa shape index (κ3) is 2.82. The van der Waals surface area contributed by atoms with Crippen LogP contribution in [0.1, 0.15) is 5.56 Å². The number of rotatable bonds is 5. The van der Waals surface area contributed by atoms with Crippen LogP contribution in [0.15, 0.2) is 30.0 Å². The minimum Gasteiger partial charge on any atom is -0.355 e. The van der Waals surface area contributed by atoms with E-state index in [9.17, 15) is 9.36 Å². The van der Waals surface area contributed by atoms with E-state index in [2.05, 4.69) is 26.8 Å². The smallest absolute Gasteiger partial charge is 0.346 e. The van der Waals surface area contributed by atoms with Crippen molar-refractivity contribution in [3.8, 4) is 0 Å². The summed E-state index contributed by atoms with van der Waals surface area (Å²) in [4.78, 5) is 38.8. The first-order chi connectivity index (χ1) is 8.93. The number of nitrogens with one attached hydrogen (secondary N) is 3. The van der Waals surface area contributed by atoms with Gasteiger partial charge in [0.15, 0.2) is 0 Å². The third-order valence-electron chi connectivity index (χ3n) is 2.64. The molecule has 0 aliphatic carbocycles. The molecule has 0 saturated carbocycles. The molecule has 2 rings (SSSR count). The minimum atomic E-state index is -4.29. The van der Waals surface area contributed by atoms with E-state index in [1.807, 2.05) is 0 Å². The number of nitrogens with zero attached hydrogens (tertiary/aromatic N) is 1. The maximum absolute atomic E-state index is 11.5. The Kier molecular flexibility index (Phi) is 3.68. The Balaban J connectivity index is 2.23. The van der Waals surface area contributed by atoms with Crippen LogP contribution in [0.25, 0.3) is 11.0 Å². The SMILES string of the molecule is C=CC(NCc1c[nH]c2c(=O)[nH]cnc12)P(=O)(O)O. The number of hydrogen-bond donors (Lipinski definition) is 5. The monoisotopic (exact) mass is 284 g/mol. The molecule has 0 saturated heterocycles. The Bertz CT molecular complexity index is 701. The van der Waals surface area contributed by atoms with Crippen molar-refractivity contribution >= 4 is 18.6 Å². The van der Waals surface area contributed by atoms with E-state index in [1.165, 1.54) is 6.33 Å². The van der Waals surface area contributed by atoms with Crippen LogP contribution in [-0.4, -0.2) is 30.5 Å². The van der Waals surface area contributed by atoms with Gasteiger partial charge in [-0.15, -0.1) is 6.58 Å². The van der Waals surface area contributed by atoms with Crippen LogP contribution >= 0.6 is 7.60 Å². The van der Waals surface area contributed by atoms with Crippen LogP contribution < -0.4 is 10.9 Å². The molecule has 0 amide bonds. The fourth-order valence-electron chi connectivity index (χ4n) is 1.69. The predicted octanol–water partition coefficient (Wildman–Crippen LogP) is 0.0306. The van der Waals surface area contributed by atoms with Gasteiger partial charge in [0.2, 0.25) is 0 Å². The van der Waals surface area contributed by atoms with Crippen molar-refractivity contribution in [3.63, 3.8) is 0 Å². The van der Waals surface area contributed by atoms with E-state index in [1.54, 1.807) is 6.20 Å². The Morgan fingerprint density at radius 2 is 2.26 bits per heavy atom. The zero-order chi connectivity index (χ0) is 14.0. The average Bonchev–Trinajstić information content (AvgIpc) is 2.73. The Morgan fingerprint density at radius 1 is 1.53 bits per heavy atom. The van der Waals surface area contributed by atoms with Crippen molar-refractivity contribution in [2.24, 2.45) is 0 Å². The second kappa shape index (κ2) is 5.10. The molecule has 9 heteroatoms. The highest BCUT2D eigenvalue weighted by Gasteiger charge is 2.25.